The number of unbranched alkanes of at least 4 members (excludes halogenated alkanes) is 2. The number of carbonyl (C=O) groups is 3. The second kappa shape index (κ2) is 13.3. The van der Waals surface area contributed by atoms with Gasteiger partial charge in [-0.2, -0.15) is 0 Å². The van der Waals surface area contributed by atoms with E-state index in [0.29, 0.717) is 44.2 Å². The van der Waals surface area contributed by atoms with Crippen molar-refractivity contribution in [3.05, 3.63) is 35.4 Å². The van der Waals surface area contributed by atoms with E-state index in [2.05, 4.69) is 22.5 Å². The molecule has 0 radical (unpaired) electrons. The summed E-state index contributed by atoms with van der Waals surface area (Å²) in [5.41, 5.74) is 0.0860. The Morgan fingerprint density at radius 1 is 1.05 bits per heavy atom. The van der Waals surface area contributed by atoms with Crippen LogP contribution in [0.15, 0.2) is 24.3 Å². The van der Waals surface area contributed by atoms with Crippen molar-refractivity contribution in [1.82, 2.24) is 20.4 Å². The zero-order valence-corrected chi connectivity index (χ0v) is 23.8. The van der Waals surface area contributed by atoms with Gasteiger partial charge in [-0.3, -0.25) is 19.3 Å². The van der Waals surface area contributed by atoms with E-state index in [0.717, 1.165) is 63.7 Å². The second-order valence-corrected chi connectivity index (χ2v) is 11.3. The average molecular weight is 549 g/mol. The highest BCUT2D eigenvalue weighted by atomic mass is 35.5. The first kappa shape index (κ1) is 30.4. The number of aliphatic hydroxyl groups is 1. The predicted molar refractivity (Wildman–Crippen MR) is 150 cm³/mol. The van der Waals surface area contributed by atoms with Crippen molar-refractivity contribution in [3.63, 3.8) is 0 Å². The number of halogens is 1. The lowest BCUT2D eigenvalue weighted by Gasteiger charge is -2.52. The Labute approximate surface area is 233 Å². The molecule has 9 heteroatoms. The van der Waals surface area contributed by atoms with Crippen LogP contribution in [0.3, 0.4) is 0 Å². The van der Waals surface area contributed by atoms with Gasteiger partial charge in [0.1, 0.15) is 11.6 Å². The number of rotatable bonds is 9. The molecule has 3 fully saturated rings. The summed E-state index contributed by atoms with van der Waals surface area (Å²) >= 11 is 0. The van der Waals surface area contributed by atoms with Crippen molar-refractivity contribution in [2.75, 3.05) is 26.7 Å². The number of amides is 3. The number of benzene rings is 1. The summed E-state index contributed by atoms with van der Waals surface area (Å²) in [6, 6.07) is 6.98. The third-order valence-corrected chi connectivity index (χ3v) is 8.70. The molecule has 1 aromatic carbocycles. The fourth-order valence-electron chi connectivity index (χ4n) is 6.39. The minimum atomic E-state index is -0.859. The van der Waals surface area contributed by atoms with Gasteiger partial charge in [-0.05, 0) is 49.8 Å². The van der Waals surface area contributed by atoms with Crippen LogP contribution in [0.4, 0.5) is 0 Å². The van der Waals surface area contributed by atoms with Gasteiger partial charge < -0.3 is 20.6 Å². The number of hydrogen-bond donors (Lipinski definition) is 3. The summed E-state index contributed by atoms with van der Waals surface area (Å²) < 4.78 is 0. The zero-order chi connectivity index (χ0) is 26.5. The number of nitrogens with one attached hydrogen (secondary N) is 2. The number of nitrogens with zero attached hydrogens (tertiary/aromatic N) is 2. The number of likely N-dealkylation sites (tertiary alicyclic amines) is 1. The van der Waals surface area contributed by atoms with Crippen LogP contribution < -0.4 is 10.6 Å². The fraction of sp³-hybridized carbons (Fsp3) is 0.690. The van der Waals surface area contributed by atoms with Gasteiger partial charge in [0.25, 0.3) is 5.91 Å². The summed E-state index contributed by atoms with van der Waals surface area (Å²) in [4.78, 5) is 43.5. The maximum atomic E-state index is 13.8. The van der Waals surface area contributed by atoms with Crippen LogP contribution in [0.5, 0.6) is 0 Å². The van der Waals surface area contributed by atoms with Crippen molar-refractivity contribution < 1.29 is 19.5 Å². The van der Waals surface area contributed by atoms with Crippen LogP contribution in [0, 0.1) is 0 Å². The Bertz CT molecular complexity index is 956. The van der Waals surface area contributed by atoms with Crippen LogP contribution in [-0.2, 0) is 16.1 Å². The number of piperidine rings is 1. The topological polar surface area (TPSA) is 102 Å². The molecule has 1 spiro atoms. The highest BCUT2D eigenvalue weighted by molar-refractivity contribution is 6.00. The SMILES string of the molecule is CCCCCN1C(=O)[C@@H](CC2(O)CCCCC2)NC(=O)C12CCN(Cc1ccc(C(=O)NC)cc1)CC2.Cl. The molecule has 2 aliphatic heterocycles. The van der Waals surface area contributed by atoms with E-state index in [4.69, 9.17) is 0 Å². The van der Waals surface area contributed by atoms with E-state index in [9.17, 15) is 19.5 Å². The van der Waals surface area contributed by atoms with E-state index in [1.165, 1.54) is 0 Å². The number of carbonyl (C=O) groups excluding carboxylic acids is 3. The first-order valence-electron chi connectivity index (χ1n) is 14.2. The molecule has 0 unspecified atom stereocenters. The Morgan fingerprint density at radius 2 is 1.71 bits per heavy atom. The molecule has 0 bridgehead atoms. The average Bonchev–Trinajstić information content (AvgIpc) is 2.90. The van der Waals surface area contributed by atoms with Crippen LogP contribution >= 0.6 is 12.4 Å². The van der Waals surface area contributed by atoms with Gasteiger partial charge in [-0.15, -0.1) is 12.4 Å². The lowest BCUT2D eigenvalue weighted by Crippen LogP contribution is -2.73. The molecule has 1 saturated carbocycles. The van der Waals surface area contributed by atoms with Crippen LogP contribution in [0.1, 0.15) is 93.5 Å². The van der Waals surface area contributed by atoms with E-state index >= 15 is 0 Å². The largest absolute Gasteiger partial charge is 0.390 e. The van der Waals surface area contributed by atoms with Crippen molar-refractivity contribution >= 4 is 30.1 Å². The van der Waals surface area contributed by atoms with Crippen molar-refractivity contribution in [2.24, 2.45) is 0 Å². The molecular weight excluding hydrogens is 504 g/mol. The molecule has 1 aliphatic carbocycles. The standard InChI is InChI=1S/C29H44N4O4.ClH/c1-3-4-8-17-33-26(35)24(20-28(37)13-6-5-7-14-28)31-27(36)29(33)15-18-32(19-16-29)21-22-9-11-23(12-10-22)25(34)30-2;/h9-12,24,37H,3-8,13-21H2,1-2H3,(H,30,34)(H,31,36);1H/t24-;/m1./s1. The summed E-state index contributed by atoms with van der Waals surface area (Å²) in [7, 11) is 1.62. The molecule has 4 rings (SSSR count). The van der Waals surface area contributed by atoms with Gasteiger partial charge >= 0.3 is 0 Å². The Morgan fingerprint density at radius 3 is 2.32 bits per heavy atom. The molecule has 3 N–H and O–H groups in total. The fourth-order valence-corrected chi connectivity index (χ4v) is 6.39. The van der Waals surface area contributed by atoms with Crippen molar-refractivity contribution in [3.8, 4) is 0 Å². The van der Waals surface area contributed by atoms with Gasteiger partial charge in [0.05, 0.1) is 5.60 Å². The van der Waals surface area contributed by atoms with Crippen molar-refractivity contribution in [2.45, 2.75) is 101 Å². The van der Waals surface area contributed by atoms with E-state index < -0.39 is 17.2 Å². The Hall–Kier alpha value is -2.16. The monoisotopic (exact) mass is 548 g/mol. The zero-order valence-electron chi connectivity index (χ0n) is 23.0. The van der Waals surface area contributed by atoms with Gasteiger partial charge in [0, 0.05) is 45.2 Å². The molecule has 2 saturated heterocycles. The van der Waals surface area contributed by atoms with Crippen molar-refractivity contribution in [1.29, 1.82) is 0 Å². The minimum Gasteiger partial charge on any atom is -0.390 e. The maximum Gasteiger partial charge on any atom is 0.251 e. The highest BCUT2D eigenvalue weighted by Crippen LogP contribution is 2.37. The second-order valence-electron chi connectivity index (χ2n) is 11.3. The lowest BCUT2D eigenvalue weighted by molar-refractivity contribution is -0.163. The van der Waals surface area contributed by atoms with Gasteiger partial charge in [-0.1, -0.05) is 51.2 Å². The quantitative estimate of drug-likeness (QED) is 0.410. The molecule has 3 amide bonds. The van der Waals surface area contributed by atoms with E-state index in [1.807, 2.05) is 29.2 Å². The van der Waals surface area contributed by atoms with Gasteiger partial charge in [-0.25, -0.2) is 0 Å². The van der Waals surface area contributed by atoms with Gasteiger partial charge in [0.15, 0.2) is 0 Å². The Kier molecular flexibility index (Phi) is 10.6. The Balaban J connectivity index is 0.00000400. The van der Waals surface area contributed by atoms with E-state index in [-0.39, 0.29) is 30.1 Å². The molecule has 38 heavy (non-hydrogen) atoms. The predicted octanol–water partition coefficient (Wildman–Crippen LogP) is 3.41. The molecule has 2 heterocycles. The summed E-state index contributed by atoms with van der Waals surface area (Å²) in [5.74, 6) is -0.174. The number of hydrogen-bond acceptors (Lipinski definition) is 5. The smallest absolute Gasteiger partial charge is 0.251 e. The summed E-state index contributed by atoms with van der Waals surface area (Å²) in [6.45, 7) is 4.91. The molecular formula is C29H45ClN4O4. The summed E-state index contributed by atoms with van der Waals surface area (Å²) in [6.07, 6.45) is 8.94. The van der Waals surface area contributed by atoms with Crippen LogP contribution in [0.25, 0.3) is 0 Å². The first-order chi connectivity index (χ1) is 17.8. The lowest BCUT2D eigenvalue weighted by atomic mass is 9.77. The first-order valence-corrected chi connectivity index (χ1v) is 14.2. The van der Waals surface area contributed by atoms with Crippen LogP contribution in [0.2, 0.25) is 0 Å². The maximum absolute atomic E-state index is 13.8. The number of piperazine rings is 1. The molecule has 0 aromatic heterocycles. The normalized spacial score (nSPS) is 23.0. The summed E-state index contributed by atoms with van der Waals surface area (Å²) in [5, 5.41) is 16.8. The molecule has 3 aliphatic rings. The molecule has 212 valence electrons. The van der Waals surface area contributed by atoms with Crippen LogP contribution in [-0.4, -0.2) is 76.5 Å². The highest BCUT2D eigenvalue weighted by Gasteiger charge is 2.54. The molecule has 8 nitrogen and oxygen atoms in total. The van der Waals surface area contributed by atoms with E-state index in [1.54, 1.807) is 7.05 Å². The third kappa shape index (κ3) is 6.69. The third-order valence-electron chi connectivity index (χ3n) is 8.70. The molecule has 1 atom stereocenters. The van der Waals surface area contributed by atoms with Gasteiger partial charge in [0.2, 0.25) is 11.8 Å². The minimum absolute atomic E-state index is 0. The molecule has 1 aromatic rings.